The Balaban J connectivity index is 2.85. The van der Waals surface area contributed by atoms with E-state index >= 15 is 0 Å². The molecule has 5 heteroatoms. The van der Waals surface area contributed by atoms with E-state index in [4.69, 9.17) is 5.73 Å². The molecule has 1 aromatic carbocycles. The lowest BCUT2D eigenvalue weighted by molar-refractivity contribution is 0.467. The molecule has 0 aliphatic carbocycles. The zero-order chi connectivity index (χ0) is 10.8. The number of phenols is 1. The Morgan fingerprint density at radius 2 is 2.00 bits per heavy atom. The van der Waals surface area contributed by atoms with Gasteiger partial charge in [0.1, 0.15) is 11.1 Å². The maximum Gasteiger partial charge on any atom is 0.163 e. The second kappa shape index (κ2) is 3.98. The van der Waals surface area contributed by atoms with E-state index in [0.717, 1.165) is 6.26 Å². The van der Waals surface area contributed by atoms with Gasteiger partial charge >= 0.3 is 0 Å². The van der Waals surface area contributed by atoms with Crippen molar-refractivity contribution < 1.29 is 13.5 Å². The Morgan fingerprint density at radius 3 is 2.50 bits per heavy atom. The fourth-order valence-electron chi connectivity index (χ4n) is 1.05. The molecule has 0 bridgehead atoms. The van der Waals surface area contributed by atoms with Crippen LogP contribution in [0.3, 0.4) is 0 Å². The molecule has 0 aliphatic rings. The maximum atomic E-state index is 11.0. The number of hydrogen-bond donors (Lipinski definition) is 2. The van der Waals surface area contributed by atoms with Gasteiger partial charge in [-0.25, -0.2) is 8.42 Å². The fraction of sp³-hybridized carbons (Fsp3) is 0.333. The molecule has 0 amide bonds. The lowest BCUT2D eigenvalue weighted by atomic mass is 10.1. The van der Waals surface area contributed by atoms with E-state index in [0.29, 0.717) is 5.56 Å². The van der Waals surface area contributed by atoms with Crippen LogP contribution in [0.5, 0.6) is 5.75 Å². The van der Waals surface area contributed by atoms with Crippen molar-refractivity contribution in [2.45, 2.75) is 11.8 Å². The van der Waals surface area contributed by atoms with Crippen LogP contribution in [0.1, 0.15) is 5.56 Å². The van der Waals surface area contributed by atoms with Crippen molar-refractivity contribution in [2.75, 3.05) is 6.26 Å². The van der Waals surface area contributed by atoms with Gasteiger partial charge in [0.25, 0.3) is 0 Å². The highest BCUT2D eigenvalue weighted by Gasteiger charge is 2.16. The summed E-state index contributed by atoms with van der Waals surface area (Å²) in [5.74, 6) is 0.0756. The third-order valence-corrected chi connectivity index (χ3v) is 3.23. The van der Waals surface area contributed by atoms with Gasteiger partial charge in [-0.1, -0.05) is 18.2 Å². The molecule has 0 heterocycles. The number of para-hydroxylation sites is 1. The highest BCUT2D eigenvalue weighted by molar-refractivity contribution is 7.91. The van der Waals surface area contributed by atoms with E-state index in [2.05, 4.69) is 0 Å². The zero-order valence-corrected chi connectivity index (χ0v) is 8.66. The third kappa shape index (κ3) is 2.71. The lowest BCUT2D eigenvalue weighted by Gasteiger charge is -2.10. The van der Waals surface area contributed by atoms with Gasteiger partial charge in [0, 0.05) is 12.7 Å². The summed E-state index contributed by atoms with van der Waals surface area (Å²) in [7, 11) is -3.25. The van der Waals surface area contributed by atoms with Gasteiger partial charge in [0.15, 0.2) is 9.84 Å². The first-order valence-electron chi connectivity index (χ1n) is 4.12. The highest BCUT2D eigenvalue weighted by Crippen LogP contribution is 2.17. The quantitative estimate of drug-likeness (QED) is 0.758. The number of phenolic OH excluding ortho intramolecular Hbond substituents is 1. The number of hydrogen-bond acceptors (Lipinski definition) is 4. The van der Waals surface area contributed by atoms with E-state index < -0.39 is 15.2 Å². The molecule has 0 saturated carbocycles. The summed E-state index contributed by atoms with van der Waals surface area (Å²) < 4.78 is 22.1. The number of nitrogens with two attached hydrogens (primary N) is 1. The first-order chi connectivity index (χ1) is 6.41. The van der Waals surface area contributed by atoms with Crippen LogP contribution in [0.2, 0.25) is 0 Å². The molecular weight excluding hydrogens is 202 g/mol. The molecule has 1 unspecified atom stereocenters. The molecule has 0 saturated heterocycles. The smallest absolute Gasteiger partial charge is 0.163 e. The minimum Gasteiger partial charge on any atom is -0.508 e. The number of sulfone groups is 1. The molecule has 0 radical (unpaired) electrons. The Kier molecular flexibility index (Phi) is 3.13. The summed E-state index contributed by atoms with van der Waals surface area (Å²) in [6.45, 7) is 0. The first kappa shape index (κ1) is 11.0. The first-order valence-corrected chi connectivity index (χ1v) is 6.08. The van der Waals surface area contributed by atoms with Crippen LogP contribution in [0.15, 0.2) is 24.3 Å². The van der Waals surface area contributed by atoms with Gasteiger partial charge in [-0.2, -0.15) is 0 Å². The summed E-state index contributed by atoms with van der Waals surface area (Å²) in [4.78, 5) is 0. The standard InChI is InChI=1S/C9H13NO3S/c1-14(12,13)9(10)6-7-4-2-3-5-8(7)11/h2-5,9,11H,6,10H2,1H3. The molecule has 3 N–H and O–H groups in total. The summed E-state index contributed by atoms with van der Waals surface area (Å²) >= 11 is 0. The molecular formula is C9H13NO3S. The van der Waals surface area contributed by atoms with Crippen molar-refractivity contribution in [1.82, 2.24) is 0 Å². The normalized spacial score (nSPS) is 13.9. The van der Waals surface area contributed by atoms with Crippen LogP contribution < -0.4 is 5.73 Å². The van der Waals surface area contributed by atoms with Crippen LogP contribution in [-0.4, -0.2) is 25.2 Å². The second-order valence-corrected chi connectivity index (χ2v) is 5.47. The van der Waals surface area contributed by atoms with E-state index in [-0.39, 0.29) is 12.2 Å². The van der Waals surface area contributed by atoms with Gasteiger partial charge < -0.3 is 10.8 Å². The van der Waals surface area contributed by atoms with Crippen molar-refractivity contribution in [1.29, 1.82) is 0 Å². The molecule has 1 atom stereocenters. The Bertz CT molecular complexity index is 414. The van der Waals surface area contributed by atoms with Crippen LogP contribution in [0.25, 0.3) is 0 Å². The van der Waals surface area contributed by atoms with Gasteiger partial charge in [-0.3, -0.25) is 0 Å². The largest absolute Gasteiger partial charge is 0.508 e. The van der Waals surface area contributed by atoms with Crippen molar-refractivity contribution in [2.24, 2.45) is 5.73 Å². The van der Waals surface area contributed by atoms with E-state index in [1.165, 1.54) is 6.07 Å². The molecule has 0 aromatic heterocycles. The molecule has 0 aliphatic heterocycles. The molecule has 0 fully saturated rings. The average molecular weight is 215 g/mol. The second-order valence-electron chi connectivity index (χ2n) is 3.20. The molecule has 78 valence electrons. The number of benzene rings is 1. The zero-order valence-electron chi connectivity index (χ0n) is 7.84. The summed E-state index contributed by atoms with van der Waals surface area (Å²) in [6, 6.07) is 6.56. The molecule has 1 rings (SSSR count). The Hall–Kier alpha value is -1.07. The van der Waals surface area contributed by atoms with Crippen LogP contribution in [-0.2, 0) is 16.3 Å². The van der Waals surface area contributed by atoms with Gasteiger partial charge in [0.05, 0.1) is 0 Å². The summed E-state index contributed by atoms with van der Waals surface area (Å²) in [5.41, 5.74) is 6.00. The number of aromatic hydroxyl groups is 1. The topological polar surface area (TPSA) is 80.4 Å². The van der Waals surface area contributed by atoms with Crippen molar-refractivity contribution >= 4 is 9.84 Å². The highest BCUT2D eigenvalue weighted by atomic mass is 32.2. The van der Waals surface area contributed by atoms with Gasteiger partial charge in [-0.15, -0.1) is 0 Å². The minimum atomic E-state index is -3.25. The molecule has 4 nitrogen and oxygen atoms in total. The fourth-order valence-corrected chi connectivity index (χ4v) is 1.53. The minimum absolute atomic E-state index is 0.0756. The van der Waals surface area contributed by atoms with Crippen LogP contribution in [0.4, 0.5) is 0 Å². The lowest BCUT2D eigenvalue weighted by Crippen LogP contribution is -2.31. The monoisotopic (exact) mass is 215 g/mol. The van der Waals surface area contributed by atoms with E-state index in [1.807, 2.05) is 0 Å². The van der Waals surface area contributed by atoms with Crippen LogP contribution >= 0.6 is 0 Å². The van der Waals surface area contributed by atoms with Crippen molar-refractivity contribution in [3.8, 4) is 5.75 Å². The summed E-state index contributed by atoms with van der Waals surface area (Å²) in [5, 5.41) is 8.41. The molecule has 0 spiro atoms. The average Bonchev–Trinajstić information content (AvgIpc) is 2.07. The number of rotatable bonds is 3. The molecule has 14 heavy (non-hydrogen) atoms. The maximum absolute atomic E-state index is 11.0. The third-order valence-electron chi connectivity index (χ3n) is 1.96. The molecule has 1 aromatic rings. The predicted molar refractivity (Wildman–Crippen MR) is 54.6 cm³/mol. The van der Waals surface area contributed by atoms with Crippen molar-refractivity contribution in [3.05, 3.63) is 29.8 Å². The van der Waals surface area contributed by atoms with Crippen LogP contribution in [0, 0.1) is 0 Å². The SMILES string of the molecule is CS(=O)(=O)C(N)Cc1ccccc1O. The Labute approximate surface area is 83.3 Å². The van der Waals surface area contributed by atoms with E-state index in [9.17, 15) is 13.5 Å². The summed E-state index contributed by atoms with van der Waals surface area (Å²) in [6.07, 6.45) is 1.21. The van der Waals surface area contributed by atoms with Crippen molar-refractivity contribution in [3.63, 3.8) is 0 Å². The van der Waals surface area contributed by atoms with Gasteiger partial charge in [-0.05, 0) is 11.6 Å². The van der Waals surface area contributed by atoms with E-state index in [1.54, 1.807) is 18.2 Å². The Morgan fingerprint density at radius 1 is 1.43 bits per heavy atom. The van der Waals surface area contributed by atoms with Gasteiger partial charge in [0.2, 0.25) is 0 Å². The predicted octanol–water partition coefficient (Wildman–Crippen LogP) is 0.264.